The monoisotopic (exact) mass is 545 g/mol. The molecule has 1 saturated carbocycles. The van der Waals surface area contributed by atoms with E-state index in [0.717, 1.165) is 31.3 Å². The Bertz CT molecular complexity index is 1330. The number of anilines is 3. The van der Waals surface area contributed by atoms with E-state index in [9.17, 15) is 30.4 Å². The van der Waals surface area contributed by atoms with Crippen LogP contribution in [0.15, 0.2) is 54.9 Å². The van der Waals surface area contributed by atoms with Crippen LogP contribution in [0.3, 0.4) is 0 Å². The van der Waals surface area contributed by atoms with Gasteiger partial charge in [0.2, 0.25) is 5.82 Å². The molecule has 37 heavy (non-hydrogen) atoms. The van der Waals surface area contributed by atoms with Gasteiger partial charge >= 0.3 is 11.9 Å². The fourth-order valence-corrected chi connectivity index (χ4v) is 4.16. The van der Waals surface area contributed by atoms with Crippen molar-refractivity contribution in [2.45, 2.75) is 37.4 Å². The van der Waals surface area contributed by atoms with Crippen LogP contribution in [0.4, 0.5) is 43.7 Å². The second-order valence-electron chi connectivity index (χ2n) is 8.42. The minimum atomic E-state index is -4.79. The Hall–Kier alpha value is -3.55. The van der Waals surface area contributed by atoms with Gasteiger partial charge in [-0.2, -0.15) is 26.3 Å². The van der Waals surface area contributed by atoms with Gasteiger partial charge in [0.25, 0.3) is 10.0 Å². The van der Waals surface area contributed by atoms with Crippen LogP contribution in [0.25, 0.3) is 0 Å². The molecule has 0 amide bonds. The van der Waals surface area contributed by atoms with Crippen LogP contribution >= 0.6 is 0 Å². The van der Waals surface area contributed by atoms with E-state index in [1.807, 2.05) is 0 Å². The van der Waals surface area contributed by atoms with E-state index >= 15 is 4.39 Å². The standard InChI is InChI=1S/C23H21F6N5O2S/c24-18-20(30-11-13-1-9-17(10-2-13)34-37(35,36)22(25)26)31-12-32-21(18)33-19(14-3-4-14)15-5-7-16(8-6-15)23(27,28)29/h1-2,5-10,12,14,19,22,34H,3-4,11H2,(H2,30,31,32,33). The average molecular weight is 546 g/mol. The maximum Gasteiger partial charge on any atom is 0.416 e. The number of benzene rings is 2. The zero-order chi connectivity index (χ0) is 26.8. The van der Waals surface area contributed by atoms with Crippen molar-refractivity contribution in [1.29, 1.82) is 0 Å². The molecule has 1 unspecified atom stereocenters. The number of rotatable bonds is 10. The summed E-state index contributed by atoms with van der Waals surface area (Å²) in [7, 11) is -4.79. The summed E-state index contributed by atoms with van der Waals surface area (Å²) < 4.78 is 103. The molecule has 198 valence electrons. The second-order valence-corrected chi connectivity index (χ2v) is 10.1. The molecule has 0 saturated heterocycles. The Balaban J connectivity index is 1.43. The van der Waals surface area contributed by atoms with Crippen LogP contribution in [0.5, 0.6) is 0 Å². The van der Waals surface area contributed by atoms with Gasteiger partial charge in [-0.25, -0.2) is 18.4 Å². The Morgan fingerprint density at radius 1 is 0.946 bits per heavy atom. The van der Waals surface area contributed by atoms with E-state index in [1.165, 1.54) is 36.4 Å². The maximum absolute atomic E-state index is 15.1. The quantitative estimate of drug-likeness (QED) is 0.280. The molecule has 1 aliphatic rings. The van der Waals surface area contributed by atoms with Crippen LogP contribution in [0, 0.1) is 11.7 Å². The number of sulfonamides is 1. The van der Waals surface area contributed by atoms with Crippen molar-refractivity contribution in [3.8, 4) is 0 Å². The summed E-state index contributed by atoms with van der Waals surface area (Å²) >= 11 is 0. The SMILES string of the molecule is O=S(=O)(Nc1ccc(CNc2ncnc(NC(c3ccc(C(F)(F)F)cc3)C3CC3)c2F)cc1)C(F)F. The molecule has 1 aliphatic carbocycles. The molecule has 14 heteroatoms. The van der Waals surface area contributed by atoms with E-state index in [4.69, 9.17) is 0 Å². The molecule has 7 nitrogen and oxygen atoms in total. The topological polar surface area (TPSA) is 96.0 Å². The largest absolute Gasteiger partial charge is 0.416 e. The van der Waals surface area contributed by atoms with Crippen LogP contribution in [0.1, 0.15) is 35.6 Å². The van der Waals surface area contributed by atoms with Crippen LogP contribution in [0.2, 0.25) is 0 Å². The molecule has 0 radical (unpaired) electrons. The summed E-state index contributed by atoms with van der Waals surface area (Å²) in [5.41, 5.74) is 0.321. The van der Waals surface area contributed by atoms with Crippen LogP contribution < -0.4 is 15.4 Å². The van der Waals surface area contributed by atoms with Gasteiger partial charge in [0.1, 0.15) is 6.33 Å². The third-order valence-electron chi connectivity index (χ3n) is 5.68. The summed E-state index contributed by atoms with van der Waals surface area (Å²) in [6.45, 7) is 0.0697. The number of nitrogens with zero attached hydrogens (tertiary/aromatic N) is 2. The Kier molecular flexibility index (Phi) is 7.48. The fraction of sp³-hybridized carbons (Fsp3) is 0.304. The van der Waals surface area contributed by atoms with E-state index < -0.39 is 39.4 Å². The number of aromatic nitrogens is 2. The first kappa shape index (κ1) is 26.5. The van der Waals surface area contributed by atoms with Gasteiger partial charge in [-0.3, -0.25) is 4.72 Å². The number of alkyl halides is 5. The minimum Gasteiger partial charge on any atom is -0.363 e. The van der Waals surface area contributed by atoms with E-state index in [1.54, 1.807) is 4.72 Å². The number of hydrogen-bond donors (Lipinski definition) is 3. The summed E-state index contributed by atoms with van der Waals surface area (Å²) in [6, 6.07) is 9.74. The molecule has 1 atom stereocenters. The predicted octanol–water partition coefficient (Wildman–Crippen LogP) is 5.77. The smallest absolute Gasteiger partial charge is 0.363 e. The van der Waals surface area contributed by atoms with Gasteiger partial charge in [-0.15, -0.1) is 0 Å². The van der Waals surface area contributed by atoms with Gasteiger partial charge in [-0.05, 0) is 54.2 Å². The van der Waals surface area contributed by atoms with E-state index in [2.05, 4.69) is 20.6 Å². The number of nitrogens with one attached hydrogen (secondary N) is 3. The van der Waals surface area contributed by atoms with Gasteiger partial charge in [0.15, 0.2) is 11.6 Å². The molecular formula is C23H21F6N5O2S. The molecule has 0 aliphatic heterocycles. The predicted molar refractivity (Wildman–Crippen MR) is 125 cm³/mol. The molecule has 0 bridgehead atoms. The Labute approximate surface area is 208 Å². The van der Waals surface area contributed by atoms with Crippen molar-refractivity contribution < 1.29 is 34.8 Å². The molecule has 1 heterocycles. The molecule has 1 fully saturated rings. The van der Waals surface area contributed by atoms with Crippen molar-refractivity contribution in [1.82, 2.24) is 9.97 Å². The molecule has 3 aromatic rings. The van der Waals surface area contributed by atoms with Gasteiger partial charge in [0.05, 0.1) is 11.6 Å². The normalized spacial score (nSPS) is 14.9. The van der Waals surface area contributed by atoms with Gasteiger partial charge in [0, 0.05) is 12.2 Å². The minimum absolute atomic E-state index is 0.0573. The van der Waals surface area contributed by atoms with E-state index in [-0.39, 0.29) is 29.8 Å². The highest BCUT2D eigenvalue weighted by Gasteiger charge is 2.35. The first-order valence-electron chi connectivity index (χ1n) is 11.0. The fourth-order valence-electron chi connectivity index (χ4n) is 3.61. The number of halogens is 6. The molecule has 2 aromatic carbocycles. The van der Waals surface area contributed by atoms with Crippen molar-refractivity contribution in [2.24, 2.45) is 5.92 Å². The zero-order valence-corrected chi connectivity index (χ0v) is 19.8. The molecule has 3 N–H and O–H groups in total. The molecule has 4 rings (SSSR count). The lowest BCUT2D eigenvalue weighted by Crippen LogP contribution is -2.20. The van der Waals surface area contributed by atoms with Crippen molar-refractivity contribution in [3.63, 3.8) is 0 Å². The maximum atomic E-state index is 15.1. The average Bonchev–Trinajstić information content (AvgIpc) is 3.68. The first-order valence-corrected chi connectivity index (χ1v) is 12.6. The van der Waals surface area contributed by atoms with Crippen LogP contribution in [-0.4, -0.2) is 24.1 Å². The lowest BCUT2D eigenvalue weighted by Gasteiger charge is -2.21. The van der Waals surface area contributed by atoms with Gasteiger partial charge in [-0.1, -0.05) is 24.3 Å². The van der Waals surface area contributed by atoms with Crippen molar-refractivity contribution in [3.05, 3.63) is 77.4 Å². The van der Waals surface area contributed by atoms with Crippen LogP contribution in [-0.2, 0) is 22.7 Å². The highest BCUT2D eigenvalue weighted by atomic mass is 32.2. The highest BCUT2D eigenvalue weighted by molar-refractivity contribution is 7.93. The third-order valence-corrected chi connectivity index (χ3v) is 6.67. The summed E-state index contributed by atoms with van der Waals surface area (Å²) in [4.78, 5) is 7.82. The lowest BCUT2D eigenvalue weighted by molar-refractivity contribution is -0.137. The molecular weight excluding hydrogens is 524 g/mol. The summed E-state index contributed by atoms with van der Waals surface area (Å²) in [5.74, 6) is -4.51. The number of hydrogen-bond acceptors (Lipinski definition) is 6. The lowest BCUT2D eigenvalue weighted by atomic mass is 10.0. The van der Waals surface area contributed by atoms with Crippen molar-refractivity contribution in [2.75, 3.05) is 15.4 Å². The molecule has 0 spiro atoms. The first-order chi connectivity index (χ1) is 17.4. The Morgan fingerprint density at radius 2 is 1.57 bits per heavy atom. The second kappa shape index (κ2) is 10.4. The summed E-state index contributed by atoms with van der Waals surface area (Å²) in [5, 5.41) is 5.77. The zero-order valence-electron chi connectivity index (χ0n) is 18.9. The third kappa shape index (κ3) is 6.61. The van der Waals surface area contributed by atoms with Gasteiger partial charge < -0.3 is 10.6 Å². The highest BCUT2D eigenvalue weighted by Crippen LogP contribution is 2.43. The molecule has 1 aromatic heterocycles. The van der Waals surface area contributed by atoms with E-state index in [0.29, 0.717) is 11.1 Å². The van der Waals surface area contributed by atoms with Crippen molar-refractivity contribution >= 4 is 27.3 Å². The Morgan fingerprint density at radius 3 is 2.14 bits per heavy atom. The summed E-state index contributed by atoms with van der Waals surface area (Å²) in [6.07, 6.45) is -1.66.